The fourth-order valence-electron chi connectivity index (χ4n) is 3.05. The number of carbonyl (C=O) groups excluding carboxylic acids is 1. The third kappa shape index (κ3) is 2.56. The molecular formula is C15H15NO5S. The highest BCUT2D eigenvalue weighted by Gasteiger charge is 2.36. The number of benzene rings is 1. The molecule has 2 bridgehead atoms. The van der Waals surface area contributed by atoms with Crippen molar-refractivity contribution in [2.75, 3.05) is 7.11 Å². The predicted octanol–water partition coefficient (Wildman–Crippen LogP) is 2.45. The summed E-state index contributed by atoms with van der Waals surface area (Å²) in [5.41, 5.74) is 1.59. The van der Waals surface area contributed by atoms with E-state index in [2.05, 4.69) is 4.74 Å². The lowest BCUT2D eigenvalue weighted by atomic mass is 9.98. The Morgan fingerprint density at radius 1 is 1.36 bits per heavy atom. The Labute approximate surface area is 129 Å². The Balaban J connectivity index is 2.05. The van der Waals surface area contributed by atoms with Gasteiger partial charge < -0.3 is 4.74 Å². The summed E-state index contributed by atoms with van der Waals surface area (Å²) < 4.78 is 16.7. The molecule has 6 nitrogen and oxygen atoms in total. The van der Waals surface area contributed by atoms with Crippen LogP contribution in [-0.4, -0.2) is 32.7 Å². The zero-order valence-corrected chi connectivity index (χ0v) is 12.8. The van der Waals surface area contributed by atoms with Gasteiger partial charge in [-0.25, -0.2) is 4.79 Å². The molecule has 2 heterocycles. The Morgan fingerprint density at radius 2 is 2.14 bits per heavy atom. The van der Waals surface area contributed by atoms with E-state index >= 15 is 0 Å². The van der Waals surface area contributed by atoms with Crippen LogP contribution < -0.4 is 0 Å². The monoisotopic (exact) mass is 321 g/mol. The third-order valence-corrected chi connectivity index (χ3v) is 6.18. The summed E-state index contributed by atoms with van der Waals surface area (Å²) in [5, 5.41) is 11.2. The van der Waals surface area contributed by atoms with Crippen molar-refractivity contribution in [3.63, 3.8) is 0 Å². The number of ether oxygens (including phenoxy) is 1. The second-order valence-corrected chi connectivity index (χ2v) is 7.41. The molecule has 0 saturated carbocycles. The van der Waals surface area contributed by atoms with Gasteiger partial charge in [-0.1, -0.05) is 6.08 Å². The smallest absolute Gasteiger partial charge is 0.338 e. The van der Waals surface area contributed by atoms with Gasteiger partial charge in [-0.2, -0.15) is 0 Å². The Morgan fingerprint density at radius 3 is 2.77 bits per heavy atom. The van der Waals surface area contributed by atoms with Crippen molar-refractivity contribution in [3.8, 4) is 0 Å². The van der Waals surface area contributed by atoms with Gasteiger partial charge in [0.05, 0.1) is 22.8 Å². The molecule has 1 saturated heterocycles. The van der Waals surface area contributed by atoms with E-state index in [0.29, 0.717) is 12.0 Å². The molecule has 0 radical (unpaired) electrons. The van der Waals surface area contributed by atoms with Crippen molar-refractivity contribution in [1.29, 1.82) is 0 Å². The molecule has 0 aliphatic carbocycles. The van der Waals surface area contributed by atoms with E-state index in [1.54, 1.807) is 6.07 Å². The molecule has 3 unspecified atom stereocenters. The lowest BCUT2D eigenvalue weighted by Gasteiger charge is -2.19. The second-order valence-electron chi connectivity index (χ2n) is 5.48. The van der Waals surface area contributed by atoms with Crippen LogP contribution >= 0.6 is 0 Å². The van der Waals surface area contributed by atoms with Crippen molar-refractivity contribution in [2.24, 2.45) is 0 Å². The largest absolute Gasteiger partial charge is 0.465 e. The van der Waals surface area contributed by atoms with E-state index in [0.717, 1.165) is 18.4 Å². The van der Waals surface area contributed by atoms with Crippen LogP contribution in [0, 0.1) is 10.1 Å². The number of hydrogen-bond acceptors (Lipinski definition) is 5. The van der Waals surface area contributed by atoms with E-state index in [1.807, 2.05) is 6.08 Å². The van der Waals surface area contributed by atoms with Crippen LogP contribution in [0.15, 0.2) is 24.3 Å². The molecule has 0 amide bonds. The number of rotatable bonds is 3. The molecule has 2 aliphatic heterocycles. The zero-order chi connectivity index (χ0) is 15.9. The van der Waals surface area contributed by atoms with Gasteiger partial charge in [0.25, 0.3) is 5.69 Å². The number of non-ortho nitro benzene ring substituents is 1. The maximum atomic E-state index is 12.0. The number of esters is 1. The molecule has 22 heavy (non-hydrogen) atoms. The summed E-state index contributed by atoms with van der Waals surface area (Å²) in [6, 6.07) is 4.29. The molecular weight excluding hydrogens is 306 g/mol. The van der Waals surface area contributed by atoms with Gasteiger partial charge in [0, 0.05) is 28.2 Å². The van der Waals surface area contributed by atoms with Gasteiger partial charge in [-0.05, 0) is 36.5 Å². The quantitative estimate of drug-likeness (QED) is 0.485. The normalized spacial score (nSPS) is 26.4. The molecule has 3 rings (SSSR count). The first-order chi connectivity index (χ1) is 10.5. The van der Waals surface area contributed by atoms with Crippen LogP contribution in [0.25, 0.3) is 5.57 Å². The highest BCUT2D eigenvalue weighted by atomic mass is 32.2. The lowest BCUT2D eigenvalue weighted by molar-refractivity contribution is -0.384. The van der Waals surface area contributed by atoms with Crippen molar-refractivity contribution in [3.05, 3.63) is 45.5 Å². The summed E-state index contributed by atoms with van der Waals surface area (Å²) in [6.45, 7) is 0. The highest BCUT2D eigenvalue weighted by molar-refractivity contribution is 7.86. The van der Waals surface area contributed by atoms with E-state index in [9.17, 15) is 19.1 Å². The zero-order valence-electron chi connectivity index (χ0n) is 12.0. The molecule has 1 aromatic carbocycles. The number of carbonyl (C=O) groups is 1. The topological polar surface area (TPSA) is 86.5 Å². The standard InChI is InChI=1S/C15H15NO5S/c1-21-15(17)11-4-9(5-12(6-11)16(18)19)10-7-13-2-3-14(8-10)22(13)20/h4-7,13-14H,2-3,8H2,1H3. The fraction of sp³-hybridized carbons (Fsp3) is 0.400. The van der Waals surface area contributed by atoms with Crippen LogP contribution in [-0.2, 0) is 15.5 Å². The van der Waals surface area contributed by atoms with E-state index in [-0.39, 0.29) is 21.8 Å². The number of fused-ring (bicyclic) bond motifs is 2. The van der Waals surface area contributed by atoms with E-state index in [4.69, 9.17) is 0 Å². The van der Waals surface area contributed by atoms with E-state index in [1.165, 1.54) is 19.2 Å². The first-order valence-electron chi connectivity index (χ1n) is 6.98. The van der Waals surface area contributed by atoms with Crippen molar-refractivity contribution in [2.45, 2.75) is 29.8 Å². The minimum atomic E-state index is -0.845. The lowest BCUT2D eigenvalue weighted by Crippen LogP contribution is -2.20. The molecule has 116 valence electrons. The third-order valence-electron chi connectivity index (χ3n) is 4.16. The second kappa shape index (κ2) is 5.64. The first-order valence-corrected chi connectivity index (χ1v) is 8.25. The first kappa shape index (κ1) is 14.9. The van der Waals surface area contributed by atoms with Crippen molar-refractivity contribution >= 4 is 28.0 Å². The summed E-state index contributed by atoms with van der Waals surface area (Å²) in [7, 11) is 0.395. The molecule has 2 aliphatic rings. The maximum Gasteiger partial charge on any atom is 0.338 e. The molecule has 3 atom stereocenters. The minimum absolute atomic E-state index is 0.0228. The highest BCUT2D eigenvalue weighted by Crippen LogP contribution is 2.39. The Bertz CT molecular complexity index is 712. The maximum absolute atomic E-state index is 12.0. The van der Waals surface area contributed by atoms with Crippen LogP contribution in [0.5, 0.6) is 0 Å². The van der Waals surface area contributed by atoms with Crippen molar-refractivity contribution in [1.82, 2.24) is 0 Å². The van der Waals surface area contributed by atoms with Gasteiger partial charge in [-0.3, -0.25) is 14.3 Å². The predicted molar refractivity (Wildman–Crippen MR) is 82.0 cm³/mol. The van der Waals surface area contributed by atoms with Crippen LogP contribution in [0.1, 0.15) is 35.2 Å². The molecule has 0 spiro atoms. The fourth-order valence-corrected chi connectivity index (χ4v) is 4.93. The number of methoxy groups -OCH3 is 1. The Kier molecular flexibility index (Phi) is 3.82. The van der Waals surface area contributed by atoms with Crippen LogP contribution in [0.3, 0.4) is 0 Å². The molecule has 1 aromatic rings. The molecule has 0 N–H and O–H groups in total. The minimum Gasteiger partial charge on any atom is -0.465 e. The summed E-state index contributed by atoms with van der Waals surface area (Å²) in [5.74, 6) is -0.604. The average Bonchev–Trinajstić information content (AvgIpc) is 2.75. The van der Waals surface area contributed by atoms with Gasteiger partial charge in [0.2, 0.25) is 0 Å². The number of hydrogen-bond donors (Lipinski definition) is 0. The van der Waals surface area contributed by atoms with Gasteiger partial charge in [0.15, 0.2) is 0 Å². The van der Waals surface area contributed by atoms with Gasteiger partial charge in [0.1, 0.15) is 0 Å². The van der Waals surface area contributed by atoms with Crippen molar-refractivity contribution < 1.29 is 18.7 Å². The van der Waals surface area contributed by atoms with Gasteiger partial charge >= 0.3 is 5.97 Å². The number of nitro groups is 1. The molecule has 1 fully saturated rings. The Hall–Kier alpha value is -2.02. The number of allylic oxidation sites excluding steroid dienone is 1. The van der Waals surface area contributed by atoms with E-state index < -0.39 is 21.7 Å². The average molecular weight is 321 g/mol. The van der Waals surface area contributed by atoms with Crippen LogP contribution in [0.4, 0.5) is 5.69 Å². The van der Waals surface area contributed by atoms with Gasteiger partial charge in [-0.15, -0.1) is 0 Å². The SMILES string of the molecule is COC(=O)c1cc(C2=CC3CCC(C2)S3=O)cc([N+](=O)[O-])c1. The van der Waals surface area contributed by atoms with Crippen LogP contribution in [0.2, 0.25) is 0 Å². The molecule has 0 aromatic heterocycles. The number of nitro benzene ring substituents is 1. The summed E-state index contributed by atoms with van der Waals surface area (Å²) in [6.07, 6.45) is 4.38. The molecule has 7 heteroatoms. The summed E-state index contributed by atoms with van der Waals surface area (Å²) in [4.78, 5) is 22.3. The summed E-state index contributed by atoms with van der Waals surface area (Å²) >= 11 is 0. The number of nitrogens with zero attached hydrogens (tertiary/aromatic N) is 1.